The zero-order chi connectivity index (χ0) is 18.5. The van der Waals surface area contributed by atoms with E-state index in [1.54, 1.807) is 12.1 Å². The number of phenols is 1. The van der Waals surface area contributed by atoms with E-state index in [1.807, 2.05) is 0 Å². The number of phenolic OH excluding ortho intramolecular Hbond substituents is 1. The van der Waals surface area contributed by atoms with Crippen LogP contribution < -0.4 is 4.74 Å². The summed E-state index contributed by atoms with van der Waals surface area (Å²) in [5.41, 5.74) is 0.999. The minimum Gasteiger partial charge on any atom is -0.508 e. The van der Waals surface area contributed by atoms with Gasteiger partial charge in [-0.2, -0.15) is 13.5 Å². The number of hydrogen-bond donors (Lipinski definition) is 1. The lowest BCUT2D eigenvalue weighted by molar-refractivity contribution is -0.0498. The Morgan fingerprint density at radius 3 is 2.50 bits per heavy atom. The molecule has 0 aliphatic rings. The summed E-state index contributed by atoms with van der Waals surface area (Å²) in [4.78, 5) is 12.2. The SMILES string of the molecule is O=C(CSc1nnnn1-c1ccc(O)cc1)c1ccc(OC(F)F)cc1. The Kier molecular flexibility index (Phi) is 5.42. The zero-order valence-corrected chi connectivity index (χ0v) is 13.9. The van der Waals surface area contributed by atoms with Gasteiger partial charge in [0.15, 0.2) is 5.78 Å². The number of ether oxygens (including phenoxy) is 1. The predicted octanol–water partition coefficient (Wildman–Crippen LogP) is 2.94. The Morgan fingerprint density at radius 2 is 1.85 bits per heavy atom. The van der Waals surface area contributed by atoms with Crippen molar-refractivity contribution in [1.29, 1.82) is 0 Å². The molecule has 134 valence electrons. The standard InChI is InChI=1S/C16H12F2N4O3S/c17-15(18)25-13-7-1-10(2-8-13)14(24)9-26-16-19-20-21-22(16)11-3-5-12(23)6-4-11/h1-8,15,23H,9H2. The number of carbonyl (C=O) groups is 1. The number of hydrogen-bond acceptors (Lipinski definition) is 7. The summed E-state index contributed by atoms with van der Waals surface area (Å²) in [6, 6.07) is 11.7. The van der Waals surface area contributed by atoms with Gasteiger partial charge in [0.1, 0.15) is 11.5 Å². The third-order valence-electron chi connectivity index (χ3n) is 3.27. The van der Waals surface area contributed by atoms with E-state index in [0.29, 0.717) is 16.4 Å². The van der Waals surface area contributed by atoms with Crippen LogP contribution in [0.25, 0.3) is 5.69 Å². The first kappa shape index (κ1) is 17.8. The maximum absolute atomic E-state index is 12.2. The van der Waals surface area contributed by atoms with Crippen molar-refractivity contribution < 1.29 is 23.4 Å². The minimum atomic E-state index is -2.91. The lowest BCUT2D eigenvalue weighted by atomic mass is 10.1. The van der Waals surface area contributed by atoms with E-state index in [-0.39, 0.29) is 23.0 Å². The van der Waals surface area contributed by atoms with Crippen LogP contribution in [-0.2, 0) is 0 Å². The molecule has 1 heterocycles. The number of carbonyl (C=O) groups excluding carboxylic acids is 1. The number of halogens is 2. The smallest absolute Gasteiger partial charge is 0.387 e. The third kappa shape index (κ3) is 4.33. The van der Waals surface area contributed by atoms with Crippen LogP contribution in [0.4, 0.5) is 8.78 Å². The second kappa shape index (κ2) is 7.91. The van der Waals surface area contributed by atoms with Gasteiger partial charge in [-0.3, -0.25) is 4.79 Å². The van der Waals surface area contributed by atoms with Crippen LogP contribution in [0.1, 0.15) is 10.4 Å². The molecule has 0 aliphatic heterocycles. The van der Waals surface area contributed by atoms with Crippen molar-refractivity contribution in [1.82, 2.24) is 20.2 Å². The summed E-state index contributed by atoms with van der Waals surface area (Å²) >= 11 is 1.13. The number of nitrogens with zero attached hydrogens (tertiary/aromatic N) is 4. The van der Waals surface area contributed by atoms with Crippen LogP contribution in [0.2, 0.25) is 0 Å². The summed E-state index contributed by atoms with van der Waals surface area (Å²) in [7, 11) is 0. The zero-order valence-electron chi connectivity index (χ0n) is 13.1. The number of thioether (sulfide) groups is 1. The number of benzene rings is 2. The average Bonchev–Trinajstić information content (AvgIpc) is 3.09. The largest absolute Gasteiger partial charge is 0.508 e. The van der Waals surface area contributed by atoms with Gasteiger partial charge in [-0.1, -0.05) is 11.8 Å². The van der Waals surface area contributed by atoms with E-state index >= 15 is 0 Å². The molecule has 3 aromatic rings. The number of Topliss-reactive ketones (excluding diaryl/α,β-unsaturated/α-hetero) is 1. The molecule has 0 fully saturated rings. The molecule has 0 spiro atoms. The van der Waals surface area contributed by atoms with E-state index in [0.717, 1.165) is 11.8 Å². The minimum absolute atomic E-state index is 0.0134. The highest BCUT2D eigenvalue weighted by Gasteiger charge is 2.13. The fourth-order valence-corrected chi connectivity index (χ4v) is 2.85. The molecule has 0 aliphatic carbocycles. The topological polar surface area (TPSA) is 90.1 Å². The summed E-state index contributed by atoms with van der Waals surface area (Å²) < 4.78 is 29.9. The molecule has 1 N–H and O–H groups in total. The highest BCUT2D eigenvalue weighted by atomic mass is 32.2. The van der Waals surface area contributed by atoms with Crippen molar-refractivity contribution in [3.8, 4) is 17.2 Å². The molecule has 3 rings (SSSR count). The molecule has 2 aromatic carbocycles. The third-order valence-corrected chi connectivity index (χ3v) is 4.19. The molecule has 0 atom stereocenters. The Bertz CT molecular complexity index is 885. The van der Waals surface area contributed by atoms with Crippen molar-refractivity contribution in [3.63, 3.8) is 0 Å². The second-order valence-electron chi connectivity index (χ2n) is 5.00. The normalized spacial score (nSPS) is 10.9. The van der Waals surface area contributed by atoms with E-state index in [9.17, 15) is 18.7 Å². The Hall–Kier alpha value is -3.01. The van der Waals surface area contributed by atoms with E-state index in [2.05, 4.69) is 20.3 Å². The molecule has 0 bridgehead atoms. The maximum Gasteiger partial charge on any atom is 0.387 e. The van der Waals surface area contributed by atoms with Crippen molar-refractivity contribution in [3.05, 3.63) is 54.1 Å². The number of aromatic hydroxyl groups is 1. The van der Waals surface area contributed by atoms with Gasteiger partial charge >= 0.3 is 6.61 Å². The van der Waals surface area contributed by atoms with Gasteiger partial charge in [0.2, 0.25) is 5.16 Å². The van der Waals surface area contributed by atoms with Crippen molar-refractivity contribution in [2.24, 2.45) is 0 Å². The lowest BCUT2D eigenvalue weighted by Gasteiger charge is -2.06. The fourth-order valence-electron chi connectivity index (χ4n) is 2.06. The molecule has 0 saturated heterocycles. The Labute approximate surface area is 150 Å². The first-order valence-electron chi connectivity index (χ1n) is 7.31. The van der Waals surface area contributed by atoms with Crippen LogP contribution in [0.5, 0.6) is 11.5 Å². The average molecular weight is 378 g/mol. The summed E-state index contributed by atoms with van der Waals surface area (Å²) in [6.45, 7) is -2.91. The molecule has 0 amide bonds. The van der Waals surface area contributed by atoms with Crippen LogP contribution in [-0.4, -0.2) is 43.5 Å². The quantitative estimate of drug-likeness (QED) is 0.499. The Morgan fingerprint density at radius 1 is 1.15 bits per heavy atom. The van der Waals surface area contributed by atoms with Gasteiger partial charge in [0, 0.05) is 5.56 Å². The maximum atomic E-state index is 12.2. The van der Waals surface area contributed by atoms with Crippen LogP contribution in [0.3, 0.4) is 0 Å². The van der Waals surface area contributed by atoms with E-state index < -0.39 is 6.61 Å². The molecular weight excluding hydrogens is 366 g/mol. The monoisotopic (exact) mass is 378 g/mol. The summed E-state index contributed by atoms with van der Waals surface area (Å²) in [5.74, 6) is -0.0437. The summed E-state index contributed by atoms with van der Waals surface area (Å²) in [6.07, 6.45) is 0. The number of ketones is 1. The van der Waals surface area contributed by atoms with Gasteiger partial charge in [0.25, 0.3) is 0 Å². The van der Waals surface area contributed by atoms with Crippen LogP contribution in [0, 0.1) is 0 Å². The molecule has 10 heteroatoms. The lowest BCUT2D eigenvalue weighted by Crippen LogP contribution is -2.06. The van der Waals surface area contributed by atoms with Gasteiger partial charge in [-0.15, -0.1) is 5.10 Å². The highest BCUT2D eigenvalue weighted by molar-refractivity contribution is 7.99. The van der Waals surface area contributed by atoms with Gasteiger partial charge in [-0.05, 0) is 59.0 Å². The molecule has 1 aromatic heterocycles. The second-order valence-corrected chi connectivity index (χ2v) is 5.95. The molecule has 0 unspecified atom stereocenters. The highest BCUT2D eigenvalue weighted by Crippen LogP contribution is 2.22. The molecular formula is C16H12F2N4O3S. The summed E-state index contributed by atoms with van der Waals surface area (Å²) in [5, 5.41) is 21.1. The first-order chi connectivity index (χ1) is 12.5. The number of rotatable bonds is 7. The van der Waals surface area contributed by atoms with Crippen molar-refractivity contribution in [2.45, 2.75) is 11.8 Å². The molecule has 26 heavy (non-hydrogen) atoms. The van der Waals surface area contributed by atoms with Crippen molar-refractivity contribution >= 4 is 17.5 Å². The van der Waals surface area contributed by atoms with Crippen LogP contribution >= 0.6 is 11.8 Å². The van der Waals surface area contributed by atoms with E-state index in [4.69, 9.17) is 0 Å². The fraction of sp³-hybridized carbons (Fsp3) is 0.125. The number of alkyl halides is 2. The van der Waals surface area contributed by atoms with E-state index in [1.165, 1.54) is 41.1 Å². The van der Waals surface area contributed by atoms with Crippen LogP contribution in [0.15, 0.2) is 53.7 Å². The molecule has 0 radical (unpaired) electrons. The first-order valence-corrected chi connectivity index (χ1v) is 8.30. The van der Waals surface area contributed by atoms with Gasteiger partial charge in [-0.25, -0.2) is 0 Å². The number of aromatic nitrogens is 4. The number of tetrazole rings is 1. The van der Waals surface area contributed by atoms with Gasteiger partial charge < -0.3 is 9.84 Å². The van der Waals surface area contributed by atoms with Gasteiger partial charge in [0.05, 0.1) is 11.4 Å². The predicted molar refractivity (Wildman–Crippen MR) is 88.9 cm³/mol. The molecule has 0 saturated carbocycles. The molecule has 7 nitrogen and oxygen atoms in total. The van der Waals surface area contributed by atoms with Crippen molar-refractivity contribution in [2.75, 3.05) is 5.75 Å². The Balaban J connectivity index is 1.65.